The van der Waals surface area contributed by atoms with Crippen LogP contribution in [0.25, 0.3) is 0 Å². The molecule has 1 aliphatic rings. The number of likely N-dealkylation sites (tertiary alicyclic amines) is 1. The molecular formula is C21H32FNO3. The summed E-state index contributed by atoms with van der Waals surface area (Å²) in [6, 6.07) is 3.73. The highest BCUT2D eigenvalue weighted by Gasteiger charge is 2.29. The Bertz CT molecular complexity index is 624. The van der Waals surface area contributed by atoms with Gasteiger partial charge in [-0.25, -0.2) is 0 Å². The summed E-state index contributed by atoms with van der Waals surface area (Å²) in [4.78, 5) is 13.6. The monoisotopic (exact) mass is 365 g/mol. The fraction of sp³-hybridized carbons (Fsp3) is 0.667. The maximum Gasteiger partial charge on any atom is 0.320 e. The van der Waals surface area contributed by atoms with E-state index >= 15 is 0 Å². The molecule has 1 heterocycles. The third-order valence-electron chi connectivity index (χ3n) is 5.02. The highest BCUT2D eigenvalue weighted by atomic mass is 19.1. The van der Waals surface area contributed by atoms with Gasteiger partial charge in [0.05, 0.1) is 13.3 Å². The topological polar surface area (TPSA) is 49.8 Å². The number of ether oxygens (including phenoxy) is 1. The number of piperidine rings is 1. The van der Waals surface area contributed by atoms with Crippen LogP contribution < -0.4 is 4.74 Å². The Labute approximate surface area is 156 Å². The molecule has 0 radical (unpaired) electrons. The van der Waals surface area contributed by atoms with Crippen molar-refractivity contribution in [1.29, 1.82) is 0 Å². The van der Waals surface area contributed by atoms with Crippen LogP contribution >= 0.6 is 0 Å². The molecule has 1 atom stereocenters. The maximum absolute atomic E-state index is 12.5. The van der Waals surface area contributed by atoms with Gasteiger partial charge in [0.25, 0.3) is 0 Å². The number of carboxylic acids is 1. The van der Waals surface area contributed by atoms with Crippen molar-refractivity contribution >= 4 is 5.97 Å². The Balaban J connectivity index is 2.32. The molecule has 1 fully saturated rings. The number of hydrogen-bond acceptors (Lipinski definition) is 3. The van der Waals surface area contributed by atoms with Crippen LogP contribution in [-0.4, -0.2) is 41.8 Å². The zero-order chi connectivity index (χ0) is 19.3. The van der Waals surface area contributed by atoms with Gasteiger partial charge in [0, 0.05) is 18.5 Å². The fourth-order valence-corrected chi connectivity index (χ4v) is 3.73. The van der Waals surface area contributed by atoms with Crippen molar-refractivity contribution in [3.05, 3.63) is 28.8 Å². The summed E-state index contributed by atoms with van der Waals surface area (Å²) in [5, 5.41) is 9.52. The average molecular weight is 365 g/mol. The van der Waals surface area contributed by atoms with Gasteiger partial charge in [0.1, 0.15) is 11.8 Å². The number of rotatable bonds is 7. The highest BCUT2D eigenvalue weighted by Crippen LogP contribution is 2.33. The van der Waals surface area contributed by atoms with E-state index in [1.54, 1.807) is 0 Å². The molecule has 26 heavy (non-hydrogen) atoms. The molecule has 0 spiro atoms. The van der Waals surface area contributed by atoms with Crippen LogP contribution in [0.15, 0.2) is 12.1 Å². The third-order valence-corrected chi connectivity index (χ3v) is 5.02. The van der Waals surface area contributed by atoms with Crippen molar-refractivity contribution in [3.63, 3.8) is 0 Å². The summed E-state index contributed by atoms with van der Waals surface area (Å²) in [6.45, 7) is 9.82. The molecule has 0 saturated carbocycles. The third kappa shape index (κ3) is 5.19. The summed E-state index contributed by atoms with van der Waals surface area (Å²) < 4.78 is 18.4. The minimum atomic E-state index is -0.757. The van der Waals surface area contributed by atoms with Crippen LogP contribution in [0.1, 0.15) is 63.1 Å². The van der Waals surface area contributed by atoms with E-state index in [2.05, 4.69) is 39.8 Å². The first-order chi connectivity index (χ1) is 12.2. The van der Waals surface area contributed by atoms with Crippen molar-refractivity contribution in [1.82, 2.24) is 4.90 Å². The van der Waals surface area contributed by atoms with Crippen LogP contribution in [-0.2, 0) is 16.8 Å². The summed E-state index contributed by atoms with van der Waals surface area (Å²) in [5.74, 6) is -0.00341. The van der Waals surface area contributed by atoms with E-state index in [-0.39, 0.29) is 5.41 Å². The number of aryl methyl sites for hydroxylation is 1. The molecule has 1 aromatic carbocycles. The van der Waals surface area contributed by atoms with E-state index in [0.29, 0.717) is 26.0 Å². The number of nitrogens with zero attached hydrogens (tertiary/aromatic N) is 1. The largest absolute Gasteiger partial charge is 0.493 e. The summed E-state index contributed by atoms with van der Waals surface area (Å²) in [7, 11) is 0. The lowest BCUT2D eigenvalue weighted by molar-refractivity contribution is -0.144. The van der Waals surface area contributed by atoms with E-state index in [9.17, 15) is 14.3 Å². The van der Waals surface area contributed by atoms with Crippen molar-refractivity contribution in [2.75, 3.05) is 19.8 Å². The predicted molar refractivity (Wildman–Crippen MR) is 102 cm³/mol. The standard InChI is InChI=1S/C21H32FNO3/c1-15-12-16(14-23-10-6-5-8-18(23)20(24)25)19(26-11-7-9-22)13-17(15)21(2,3)4/h12-13,18H,5-11,14H2,1-4H3,(H,24,25)/t18-/m0/s1. The van der Waals surface area contributed by atoms with Crippen LogP contribution in [0.2, 0.25) is 0 Å². The molecule has 1 aliphatic heterocycles. The molecule has 1 saturated heterocycles. The molecule has 1 N–H and O–H groups in total. The first kappa shape index (κ1) is 20.7. The van der Waals surface area contributed by atoms with E-state index in [4.69, 9.17) is 4.74 Å². The number of aliphatic carboxylic acids is 1. The summed E-state index contributed by atoms with van der Waals surface area (Å²) in [5.41, 5.74) is 3.34. The summed E-state index contributed by atoms with van der Waals surface area (Å²) in [6.07, 6.45) is 3.02. The second-order valence-electron chi connectivity index (χ2n) is 8.24. The Hall–Kier alpha value is -1.62. The number of benzene rings is 1. The van der Waals surface area contributed by atoms with E-state index in [0.717, 1.165) is 30.7 Å². The second kappa shape index (κ2) is 8.85. The van der Waals surface area contributed by atoms with E-state index in [1.165, 1.54) is 11.1 Å². The van der Waals surface area contributed by atoms with Crippen LogP contribution in [0, 0.1) is 6.92 Å². The number of alkyl halides is 1. The second-order valence-corrected chi connectivity index (χ2v) is 8.24. The molecule has 0 amide bonds. The first-order valence-electron chi connectivity index (χ1n) is 9.53. The Morgan fingerprint density at radius 2 is 2.08 bits per heavy atom. The van der Waals surface area contributed by atoms with Gasteiger partial charge >= 0.3 is 5.97 Å². The van der Waals surface area contributed by atoms with Crippen molar-refractivity contribution in [2.24, 2.45) is 0 Å². The molecule has 1 aromatic rings. The van der Waals surface area contributed by atoms with Crippen LogP contribution in [0.5, 0.6) is 5.75 Å². The number of halogens is 1. The first-order valence-corrected chi connectivity index (χ1v) is 9.53. The SMILES string of the molecule is Cc1cc(CN2CCCC[C@H]2C(=O)O)c(OCCCF)cc1C(C)(C)C. The molecule has 0 bridgehead atoms. The predicted octanol–water partition coefficient (Wildman–Crippen LogP) is 4.47. The number of carboxylic acid groups (broad SMARTS) is 1. The van der Waals surface area contributed by atoms with Gasteiger partial charge in [-0.2, -0.15) is 0 Å². The average Bonchev–Trinajstić information content (AvgIpc) is 2.56. The van der Waals surface area contributed by atoms with Gasteiger partial charge < -0.3 is 9.84 Å². The zero-order valence-electron chi connectivity index (χ0n) is 16.5. The minimum Gasteiger partial charge on any atom is -0.493 e. The lowest BCUT2D eigenvalue weighted by Crippen LogP contribution is -2.44. The van der Waals surface area contributed by atoms with Crippen molar-refractivity contribution in [3.8, 4) is 5.75 Å². The van der Waals surface area contributed by atoms with Gasteiger partial charge in [0.2, 0.25) is 0 Å². The van der Waals surface area contributed by atoms with E-state index < -0.39 is 18.7 Å². The quantitative estimate of drug-likeness (QED) is 0.724. The highest BCUT2D eigenvalue weighted by molar-refractivity contribution is 5.73. The van der Waals surface area contributed by atoms with Gasteiger partial charge in [-0.1, -0.05) is 33.3 Å². The van der Waals surface area contributed by atoms with Crippen molar-refractivity contribution < 1.29 is 19.0 Å². The Kier molecular flexibility index (Phi) is 7.04. The lowest BCUT2D eigenvalue weighted by Gasteiger charge is -2.33. The molecule has 0 aromatic heterocycles. The molecule has 2 rings (SSSR count). The normalized spacial score (nSPS) is 18.7. The van der Waals surface area contributed by atoms with Crippen LogP contribution in [0.3, 0.4) is 0 Å². The van der Waals surface area contributed by atoms with E-state index in [1.807, 2.05) is 4.90 Å². The molecule has 0 unspecified atom stereocenters. The smallest absolute Gasteiger partial charge is 0.320 e. The molecule has 146 valence electrons. The van der Waals surface area contributed by atoms with Gasteiger partial charge in [-0.3, -0.25) is 14.1 Å². The molecule has 5 heteroatoms. The number of hydrogen-bond donors (Lipinski definition) is 1. The lowest BCUT2D eigenvalue weighted by atomic mass is 9.83. The Morgan fingerprint density at radius 1 is 1.35 bits per heavy atom. The van der Waals surface area contributed by atoms with Gasteiger partial charge in [-0.05, 0) is 48.9 Å². The fourth-order valence-electron chi connectivity index (χ4n) is 3.73. The molecule has 4 nitrogen and oxygen atoms in total. The molecule has 0 aliphatic carbocycles. The van der Waals surface area contributed by atoms with Gasteiger partial charge in [0.15, 0.2) is 0 Å². The zero-order valence-corrected chi connectivity index (χ0v) is 16.5. The Morgan fingerprint density at radius 3 is 2.69 bits per heavy atom. The summed E-state index contributed by atoms with van der Waals surface area (Å²) >= 11 is 0. The maximum atomic E-state index is 12.5. The molecular weight excluding hydrogens is 333 g/mol. The number of carbonyl (C=O) groups is 1. The van der Waals surface area contributed by atoms with Crippen LogP contribution in [0.4, 0.5) is 4.39 Å². The van der Waals surface area contributed by atoms with Gasteiger partial charge in [-0.15, -0.1) is 0 Å². The minimum absolute atomic E-state index is 0.0183. The van der Waals surface area contributed by atoms with Crippen molar-refractivity contribution in [2.45, 2.75) is 71.4 Å².